The molecule has 0 aliphatic rings. The number of fused-ring (bicyclic) bond motifs is 1. The normalized spacial score (nSPS) is 10.8. The minimum atomic E-state index is -0.0118. The van der Waals surface area contributed by atoms with Crippen LogP contribution < -0.4 is 0 Å². The lowest BCUT2D eigenvalue weighted by atomic mass is 10.1. The van der Waals surface area contributed by atoms with Crippen LogP contribution in [0.25, 0.3) is 11.0 Å². The molecule has 3 rings (SSSR count). The second-order valence-electron chi connectivity index (χ2n) is 4.89. The van der Waals surface area contributed by atoms with Gasteiger partial charge in [0, 0.05) is 23.6 Å². The number of hydrogen-bond donors (Lipinski definition) is 1. The van der Waals surface area contributed by atoms with Gasteiger partial charge in [-0.2, -0.15) is 0 Å². The molecule has 0 spiro atoms. The first-order valence-corrected chi connectivity index (χ1v) is 7.36. The quantitative estimate of drug-likeness (QED) is 0.789. The van der Waals surface area contributed by atoms with Crippen molar-refractivity contribution >= 4 is 32.9 Å². The van der Waals surface area contributed by atoms with E-state index in [1.165, 1.54) is 0 Å². The molecule has 0 saturated heterocycles. The number of nitrogens with one attached hydrogen (secondary N) is 1. The first-order chi connectivity index (χ1) is 10.1. The van der Waals surface area contributed by atoms with Crippen LogP contribution in [0.4, 0.5) is 0 Å². The third-order valence-electron chi connectivity index (χ3n) is 3.38. The maximum Gasteiger partial charge on any atom is 0.253 e. The molecule has 3 aromatic rings. The fraction of sp³-hybridized carbons (Fsp3) is 0.125. The Bertz CT molecular complexity index is 797. The van der Waals surface area contributed by atoms with Crippen molar-refractivity contribution in [1.29, 1.82) is 0 Å². The number of halogens is 1. The van der Waals surface area contributed by atoms with E-state index in [9.17, 15) is 4.79 Å². The Morgan fingerprint density at radius 1 is 1.29 bits per heavy atom. The van der Waals surface area contributed by atoms with Crippen LogP contribution in [0.5, 0.6) is 0 Å². The van der Waals surface area contributed by atoms with E-state index in [0.29, 0.717) is 12.1 Å². The van der Waals surface area contributed by atoms with Crippen LogP contribution in [0.15, 0.2) is 53.3 Å². The van der Waals surface area contributed by atoms with Crippen LogP contribution in [0.2, 0.25) is 0 Å². The topological polar surface area (TPSA) is 49.0 Å². The number of aromatic amines is 1. The van der Waals surface area contributed by atoms with Gasteiger partial charge >= 0.3 is 0 Å². The van der Waals surface area contributed by atoms with Crippen molar-refractivity contribution in [3.8, 4) is 0 Å². The van der Waals surface area contributed by atoms with Crippen molar-refractivity contribution in [3.63, 3.8) is 0 Å². The van der Waals surface area contributed by atoms with Gasteiger partial charge in [-0.1, -0.05) is 34.1 Å². The van der Waals surface area contributed by atoms with Crippen molar-refractivity contribution in [2.45, 2.75) is 6.54 Å². The van der Waals surface area contributed by atoms with Gasteiger partial charge in [0.1, 0.15) is 0 Å². The molecule has 1 amide bonds. The smallest absolute Gasteiger partial charge is 0.253 e. The van der Waals surface area contributed by atoms with Gasteiger partial charge in [0.25, 0.3) is 5.91 Å². The molecule has 0 bridgehead atoms. The van der Waals surface area contributed by atoms with Gasteiger partial charge in [-0.15, -0.1) is 0 Å². The van der Waals surface area contributed by atoms with Gasteiger partial charge in [-0.05, 0) is 29.8 Å². The number of hydrogen-bond acceptors (Lipinski definition) is 2. The molecule has 4 nitrogen and oxygen atoms in total. The Labute approximate surface area is 130 Å². The Morgan fingerprint density at radius 3 is 2.90 bits per heavy atom. The molecule has 5 heteroatoms. The van der Waals surface area contributed by atoms with E-state index >= 15 is 0 Å². The molecule has 0 radical (unpaired) electrons. The minimum Gasteiger partial charge on any atom is -0.345 e. The molecule has 0 aliphatic heterocycles. The predicted molar refractivity (Wildman–Crippen MR) is 86.0 cm³/mol. The number of carbonyl (C=O) groups is 1. The van der Waals surface area contributed by atoms with E-state index in [4.69, 9.17) is 0 Å². The van der Waals surface area contributed by atoms with Crippen LogP contribution in [0, 0.1) is 0 Å². The highest BCUT2D eigenvalue weighted by Gasteiger charge is 2.14. The van der Waals surface area contributed by atoms with Crippen LogP contribution in [-0.4, -0.2) is 27.8 Å². The van der Waals surface area contributed by atoms with Crippen LogP contribution in [0.1, 0.15) is 15.9 Å². The Balaban J connectivity index is 1.82. The first-order valence-electron chi connectivity index (χ1n) is 6.57. The van der Waals surface area contributed by atoms with Crippen molar-refractivity contribution in [2.75, 3.05) is 7.05 Å². The molecule has 106 valence electrons. The number of amides is 1. The van der Waals surface area contributed by atoms with Gasteiger partial charge in [-0.3, -0.25) is 4.79 Å². The molecule has 1 aromatic heterocycles. The van der Waals surface area contributed by atoms with Gasteiger partial charge in [0.15, 0.2) is 0 Å². The summed E-state index contributed by atoms with van der Waals surface area (Å²) < 4.78 is 1.01. The van der Waals surface area contributed by atoms with E-state index in [0.717, 1.165) is 21.1 Å². The maximum atomic E-state index is 12.5. The molecule has 1 N–H and O–H groups in total. The fourth-order valence-electron chi connectivity index (χ4n) is 2.24. The zero-order valence-corrected chi connectivity index (χ0v) is 13.1. The van der Waals surface area contributed by atoms with Gasteiger partial charge in [0.2, 0.25) is 0 Å². The number of rotatable bonds is 3. The SMILES string of the molecule is CN(Cc1ccccc1Br)C(=O)c1ccc2nc[nH]c2c1. The summed E-state index contributed by atoms with van der Waals surface area (Å²) in [6.45, 7) is 0.557. The molecule has 0 fully saturated rings. The van der Waals surface area contributed by atoms with Gasteiger partial charge < -0.3 is 9.88 Å². The monoisotopic (exact) mass is 343 g/mol. The summed E-state index contributed by atoms with van der Waals surface area (Å²) in [4.78, 5) is 21.4. The second-order valence-corrected chi connectivity index (χ2v) is 5.74. The van der Waals surface area contributed by atoms with Crippen molar-refractivity contribution in [1.82, 2.24) is 14.9 Å². The number of imidazole rings is 1. The molecule has 21 heavy (non-hydrogen) atoms. The van der Waals surface area contributed by atoms with Crippen LogP contribution in [-0.2, 0) is 6.54 Å². The average molecular weight is 344 g/mol. The number of benzene rings is 2. The summed E-state index contributed by atoms with van der Waals surface area (Å²) in [6, 6.07) is 13.4. The Morgan fingerprint density at radius 2 is 2.10 bits per heavy atom. The summed E-state index contributed by atoms with van der Waals surface area (Å²) in [6.07, 6.45) is 1.63. The molecule has 0 atom stereocenters. The lowest BCUT2D eigenvalue weighted by Crippen LogP contribution is -2.26. The summed E-state index contributed by atoms with van der Waals surface area (Å²) in [7, 11) is 1.80. The summed E-state index contributed by atoms with van der Waals surface area (Å²) in [5.74, 6) is -0.0118. The molecule has 0 unspecified atom stereocenters. The van der Waals surface area contributed by atoms with Gasteiger partial charge in [-0.25, -0.2) is 4.98 Å². The zero-order valence-electron chi connectivity index (χ0n) is 11.5. The number of carbonyl (C=O) groups excluding carboxylic acids is 1. The van der Waals surface area contributed by atoms with Crippen LogP contribution >= 0.6 is 15.9 Å². The number of H-pyrrole nitrogens is 1. The largest absolute Gasteiger partial charge is 0.345 e. The molecular formula is C16H14BrN3O. The van der Waals surface area contributed by atoms with Crippen molar-refractivity contribution in [3.05, 3.63) is 64.4 Å². The lowest BCUT2D eigenvalue weighted by Gasteiger charge is -2.18. The van der Waals surface area contributed by atoms with E-state index in [1.54, 1.807) is 18.3 Å². The maximum absolute atomic E-state index is 12.5. The predicted octanol–water partition coefficient (Wildman–Crippen LogP) is 3.60. The van der Waals surface area contributed by atoms with Crippen LogP contribution in [0.3, 0.4) is 0 Å². The Hall–Kier alpha value is -2.14. The molecule has 0 aliphatic carbocycles. The fourth-order valence-corrected chi connectivity index (χ4v) is 2.65. The molecule has 0 saturated carbocycles. The van der Waals surface area contributed by atoms with E-state index < -0.39 is 0 Å². The summed E-state index contributed by atoms with van der Waals surface area (Å²) in [5, 5.41) is 0. The standard InChI is InChI=1S/C16H14BrN3O/c1-20(9-12-4-2-3-5-13(12)17)16(21)11-6-7-14-15(8-11)19-10-18-14/h2-8,10H,9H2,1H3,(H,18,19). The van der Waals surface area contributed by atoms with E-state index in [2.05, 4.69) is 25.9 Å². The second kappa shape index (κ2) is 5.69. The highest BCUT2D eigenvalue weighted by atomic mass is 79.9. The molecule has 1 heterocycles. The third kappa shape index (κ3) is 2.83. The summed E-state index contributed by atoms with van der Waals surface area (Å²) in [5.41, 5.74) is 3.47. The lowest BCUT2D eigenvalue weighted by molar-refractivity contribution is 0.0785. The zero-order chi connectivity index (χ0) is 14.8. The Kier molecular flexibility index (Phi) is 3.75. The average Bonchev–Trinajstić information content (AvgIpc) is 2.96. The first kappa shape index (κ1) is 13.8. The summed E-state index contributed by atoms with van der Waals surface area (Å²) >= 11 is 3.51. The number of nitrogens with zero attached hydrogens (tertiary/aromatic N) is 2. The van der Waals surface area contributed by atoms with E-state index in [-0.39, 0.29) is 5.91 Å². The van der Waals surface area contributed by atoms with Gasteiger partial charge in [0.05, 0.1) is 17.4 Å². The highest BCUT2D eigenvalue weighted by Crippen LogP contribution is 2.19. The third-order valence-corrected chi connectivity index (χ3v) is 4.15. The van der Waals surface area contributed by atoms with E-state index in [1.807, 2.05) is 42.5 Å². The van der Waals surface area contributed by atoms with Crippen molar-refractivity contribution < 1.29 is 4.79 Å². The number of aromatic nitrogens is 2. The van der Waals surface area contributed by atoms with Crippen molar-refractivity contribution in [2.24, 2.45) is 0 Å². The molecular weight excluding hydrogens is 330 g/mol. The molecule has 2 aromatic carbocycles. The minimum absolute atomic E-state index is 0.0118. The highest BCUT2D eigenvalue weighted by molar-refractivity contribution is 9.10.